The van der Waals surface area contributed by atoms with E-state index in [9.17, 15) is 4.79 Å². The molecule has 0 spiro atoms. The first-order valence-corrected chi connectivity index (χ1v) is 5.67. The van der Waals surface area contributed by atoms with Crippen LogP contribution in [-0.2, 0) is 18.3 Å². The first-order chi connectivity index (χ1) is 8.16. The van der Waals surface area contributed by atoms with Crippen molar-refractivity contribution in [2.45, 2.75) is 12.8 Å². The van der Waals surface area contributed by atoms with Gasteiger partial charge in [0.2, 0.25) is 0 Å². The topological polar surface area (TPSA) is 42.2 Å². The maximum absolute atomic E-state index is 10.8. The first-order valence-electron chi connectivity index (χ1n) is 5.67. The fourth-order valence-electron chi connectivity index (χ4n) is 2.70. The fraction of sp³-hybridized carbons (Fsp3) is 0.214. The molecule has 1 aliphatic carbocycles. The molecule has 3 heteroatoms. The van der Waals surface area contributed by atoms with E-state index in [0.717, 1.165) is 24.0 Å². The summed E-state index contributed by atoms with van der Waals surface area (Å²) in [5.74, 6) is -0.864. The van der Waals surface area contributed by atoms with E-state index in [0.29, 0.717) is 0 Å². The maximum Gasteiger partial charge on any atom is 0.328 e. The van der Waals surface area contributed by atoms with Crippen LogP contribution in [0.4, 0.5) is 0 Å². The van der Waals surface area contributed by atoms with Crippen LogP contribution in [0.3, 0.4) is 0 Å². The first kappa shape index (κ1) is 10.1. The molecule has 3 nitrogen and oxygen atoms in total. The van der Waals surface area contributed by atoms with Crippen LogP contribution in [0.2, 0.25) is 0 Å². The highest BCUT2D eigenvalue weighted by atomic mass is 16.4. The molecule has 0 amide bonds. The minimum absolute atomic E-state index is 0.808. The van der Waals surface area contributed by atoms with Crippen molar-refractivity contribution < 1.29 is 9.90 Å². The molecule has 0 saturated heterocycles. The van der Waals surface area contributed by atoms with Gasteiger partial charge in [-0.05, 0) is 35.6 Å². The van der Waals surface area contributed by atoms with E-state index >= 15 is 0 Å². The highest BCUT2D eigenvalue weighted by Gasteiger charge is 2.19. The number of aliphatic carboxylic acids is 1. The average molecular weight is 227 g/mol. The molecule has 0 unspecified atom stereocenters. The minimum atomic E-state index is -0.864. The molecule has 0 saturated carbocycles. The molecule has 17 heavy (non-hydrogen) atoms. The van der Waals surface area contributed by atoms with Gasteiger partial charge >= 0.3 is 5.97 Å². The Kier molecular flexibility index (Phi) is 2.08. The lowest BCUT2D eigenvalue weighted by Gasteiger charge is -2.15. The number of carboxylic acids is 1. The molecular formula is C14H13NO2. The van der Waals surface area contributed by atoms with Gasteiger partial charge in [0.05, 0.1) is 0 Å². The van der Waals surface area contributed by atoms with Crippen molar-refractivity contribution >= 4 is 22.4 Å². The Labute approximate surface area is 99.0 Å². The van der Waals surface area contributed by atoms with E-state index in [1.165, 1.54) is 22.5 Å². The van der Waals surface area contributed by atoms with Crippen LogP contribution in [-0.4, -0.2) is 15.6 Å². The lowest BCUT2D eigenvalue weighted by Crippen LogP contribution is -2.00. The minimum Gasteiger partial charge on any atom is -0.478 e. The number of allylic oxidation sites excluding steroid dienone is 1. The number of carbonyl (C=O) groups is 1. The Morgan fingerprint density at radius 1 is 1.41 bits per heavy atom. The molecule has 86 valence electrons. The molecule has 1 N–H and O–H groups in total. The number of carboxylic acid groups (broad SMARTS) is 1. The van der Waals surface area contributed by atoms with Gasteiger partial charge in [-0.2, -0.15) is 0 Å². The number of hydrogen-bond acceptors (Lipinski definition) is 1. The van der Waals surface area contributed by atoms with Crippen molar-refractivity contribution in [3.05, 3.63) is 41.6 Å². The van der Waals surface area contributed by atoms with E-state index < -0.39 is 5.97 Å². The van der Waals surface area contributed by atoms with Crippen LogP contribution >= 0.6 is 0 Å². The van der Waals surface area contributed by atoms with Crippen molar-refractivity contribution in [2.75, 3.05) is 0 Å². The van der Waals surface area contributed by atoms with Gasteiger partial charge in [0, 0.05) is 30.2 Å². The zero-order valence-corrected chi connectivity index (χ0v) is 9.60. The molecule has 1 aliphatic rings. The van der Waals surface area contributed by atoms with Crippen molar-refractivity contribution in [2.24, 2.45) is 7.05 Å². The van der Waals surface area contributed by atoms with Crippen LogP contribution < -0.4 is 0 Å². The van der Waals surface area contributed by atoms with E-state index in [2.05, 4.69) is 16.8 Å². The molecular weight excluding hydrogens is 214 g/mol. The quantitative estimate of drug-likeness (QED) is 0.761. The molecule has 3 rings (SSSR count). The second kappa shape index (κ2) is 3.48. The molecule has 2 aromatic rings. The Hall–Kier alpha value is -2.03. The van der Waals surface area contributed by atoms with Gasteiger partial charge in [-0.3, -0.25) is 0 Å². The summed E-state index contributed by atoms with van der Waals surface area (Å²) >= 11 is 0. The molecule has 0 radical (unpaired) electrons. The van der Waals surface area contributed by atoms with Crippen LogP contribution in [0.25, 0.3) is 16.5 Å². The molecule has 0 atom stereocenters. The van der Waals surface area contributed by atoms with E-state index in [1.807, 2.05) is 19.2 Å². The van der Waals surface area contributed by atoms with Crippen molar-refractivity contribution in [1.82, 2.24) is 4.57 Å². The smallest absolute Gasteiger partial charge is 0.328 e. The summed E-state index contributed by atoms with van der Waals surface area (Å²) in [5, 5.41) is 10.1. The van der Waals surface area contributed by atoms with E-state index in [1.54, 1.807) is 0 Å². The Morgan fingerprint density at radius 2 is 2.24 bits per heavy atom. The molecule has 0 bridgehead atoms. The van der Waals surface area contributed by atoms with Crippen molar-refractivity contribution in [1.29, 1.82) is 0 Å². The molecule has 1 aromatic heterocycles. The SMILES string of the molecule is Cn1cc2c3c(cccc31)/C(=C/C(=O)O)CC2. The van der Waals surface area contributed by atoms with E-state index in [4.69, 9.17) is 5.11 Å². The predicted octanol–water partition coefficient (Wildman–Crippen LogP) is 2.59. The second-order valence-corrected chi connectivity index (χ2v) is 4.47. The monoisotopic (exact) mass is 227 g/mol. The third kappa shape index (κ3) is 1.46. The summed E-state index contributed by atoms with van der Waals surface area (Å²) in [4.78, 5) is 10.8. The van der Waals surface area contributed by atoms with Gasteiger partial charge in [0.25, 0.3) is 0 Å². The van der Waals surface area contributed by atoms with Gasteiger partial charge in [0.15, 0.2) is 0 Å². The molecule has 0 fully saturated rings. The summed E-state index contributed by atoms with van der Waals surface area (Å²) in [6.45, 7) is 0. The third-order valence-corrected chi connectivity index (χ3v) is 3.40. The summed E-state index contributed by atoms with van der Waals surface area (Å²) in [6, 6.07) is 6.08. The zero-order valence-electron chi connectivity index (χ0n) is 9.60. The maximum atomic E-state index is 10.8. The average Bonchev–Trinajstić information content (AvgIpc) is 2.61. The number of aromatic nitrogens is 1. The van der Waals surface area contributed by atoms with Crippen LogP contribution in [0.1, 0.15) is 17.5 Å². The number of hydrogen-bond donors (Lipinski definition) is 1. The Bertz CT molecular complexity index is 650. The number of rotatable bonds is 1. The van der Waals surface area contributed by atoms with Crippen LogP contribution in [0.15, 0.2) is 30.5 Å². The van der Waals surface area contributed by atoms with Crippen molar-refractivity contribution in [3.8, 4) is 0 Å². The second-order valence-electron chi connectivity index (χ2n) is 4.47. The summed E-state index contributed by atoms with van der Waals surface area (Å²) in [6.07, 6.45) is 5.21. The zero-order chi connectivity index (χ0) is 12.0. The standard InChI is InChI=1S/C14H13NO2/c1-15-8-10-6-5-9(7-13(16)17)11-3-2-4-12(15)14(10)11/h2-4,7-8H,5-6H2,1H3,(H,16,17)/b9-7+. The van der Waals surface area contributed by atoms with Gasteiger partial charge in [-0.25, -0.2) is 4.79 Å². The number of aryl methyl sites for hydroxylation is 2. The number of nitrogens with zero attached hydrogens (tertiary/aromatic N) is 1. The molecule has 0 aliphatic heterocycles. The lowest BCUT2D eigenvalue weighted by molar-refractivity contribution is -0.131. The van der Waals surface area contributed by atoms with Gasteiger partial charge in [0.1, 0.15) is 0 Å². The normalized spacial score (nSPS) is 16.6. The lowest BCUT2D eigenvalue weighted by atomic mass is 9.88. The summed E-state index contributed by atoms with van der Waals surface area (Å²) in [7, 11) is 2.03. The van der Waals surface area contributed by atoms with Crippen molar-refractivity contribution in [3.63, 3.8) is 0 Å². The van der Waals surface area contributed by atoms with Gasteiger partial charge in [-0.15, -0.1) is 0 Å². The fourth-order valence-corrected chi connectivity index (χ4v) is 2.70. The van der Waals surface area contributed by atoms with Crippen LogP contribution in [0.5, 0.6) is 0 Å². The predicted molar refractivity (Wildman–Crippen MR) is 66.9 cm³/mol. The molecule has 1 aromatic carbocycles. The van der Waals surface area contributed by atoms with Gasteiger partial charge < -0.3 is 9.67 Å². The highest BCUT2D eigenvalue weighted by Crippen LogP contribution is 2.36. The van der Waals surface area contributed by atoms with E-state index in [-0.39, 0.29) is 0 Å². The largest absolute Gasteiger partial charge is 0.478 e. The Balaban J connectivity index is 2.34. The van der Waals surface area contributed by atoms with Gasteiger partial charge in [-0.1, -0.05) is 12.1 Å². The highest BCUT2D eigenvalue weighted by molar-refractivity contribution is 6.01. The third-order valence-electron chi connectivity index (χ3n) is 3.40. The van der Waals surface area contributed by atoms with Crippen LogP contribution in [0, 0.1) is 0 Å². The number of benzene rings is 1. The Morgan fingerprint density at radius 3 is 3.00 bits per heavy atom. The molecule has 1 heterocycles. The summed E-state index contributed by atoms with van der Waals surface area (Å²) in [5.41, 5.74) is 4.50. The summed E-state index contributed by atoms with van der Waals surface area (Å²) < 4.78 is 2.11.